The number of pyridine rings is 1. The van der Waals surface area contributed by atoms with Crippen LogP contribution in [0.3, 0.4) is 0 Å². The number of anilines is 1. The minimum absolute atomic E-state index is 0.0180. The van der Waals surface area contributed by atoms with Crippen LogP contribution in [0, 0.1) is 5.92 Å². The van der Waals surface area contributed by atoms with Crippen LogP contribution in [0.5, 0.6) is 0 Å². The van der Waals surface area contributed by atoms with E-state index >= 15 is 0 Å². The number of hydrogen-bond donors (Lipinski definition) is 2. The van der Waals surface area contributed by atoms with E-state index in [9.17, 15) is 9.59 Å². The Hall–Kier alpha value is -1.70. The van der Waals surface area contributed by atoms with E-state index in [1.807, 2.05) is 7.05 Å². The van der Waals surface area contributed by atoms with E-state index in [0.717, 1.165) is 0 Å². The van der Waals surface area contributed by atoms with Crippen molar-refractivity contribution in [1.29, 1.82) is 0 Å². The first kappa shape index (κ1) is 15.7. The van der Waals surface area contributed by atoms with Gasteiger partial charge in [0.2, 0.25) is 5.91 Å². The zero-order valence-electron chi connectivity index (χ0n) is 12.3. The number of ether oxygens (including phenoxy) is 2. The van der Waals surface area contributed by atoms with Gasteiger partial charge in [-0.2, -0.15) is 0 Å². The summed E-state index contributed by atoms with van der Waals surface area (Å²) in [7, 11) is 3.39. The van der Waals surface area contributed by atoms with E-state index < -0.39 is 0 Å². The van der Waals surface area contributed by atoms with E-state index in [-0.39, 0.29) is 23.4 Å². The predicted molar refractivity (Wildman–Crippen MR) is 78.4 cm³/mol. The van der Waals surface area contributed by atoms with Crippen LogP contribution < -0.4 is 16.2 Å². The highest BCUT2D eigenvalue weighted by Gasteiger charge is 2.32. The monoisotopic (exact) mass is 295 g/mol. The van der Waals surface area contributed by atoms with Crippen LogP contribution in [-0.2, 0) is 20.8 Å². The molecule has 2 N–H and O–H groups in total. The normalized spacial score (nSPS) is 21.4. The number of aromatic nitrogens is 1. The van der Waals surface area contributed by atoms with Crippen LogP contribution in [0.1, 0.15) is 0 Å². The first-order valence-corrected chi connectivity index (χ1v) is 6.91. The fourth-order valence-electron chi connectivity index (χ4n) is 2.30. The number of amides is 1. The fraction of sp³-hybridized carbons (Fsp3) is 0.571. The lowest BCUT2D eigenvalue weighted by atomic mass is 10.0. The van der Waals surface area contributed by atoms with Gasteiger partial charge in [0.15, 0.2) is 0 Å². The average molecular weight is 295 g/mol. The summed E-state index contributed by atoms with van der Waals surface area (Å²) in [5, 5.41) is 5.90. The summed E-state index contributed by atoms with van der Waals surface area (Å²) in [5.74, 6) is -0.335. The van der Waals surface area contributed by atoms with Crippen molar-refractivity contribution < 1.29 is 14.3 Å². The second-order valence-corrected chi connectivity index (χ2v) is 4.97. The standard InChI is InChI=1S/C14H21N3O4/c1-15-12-9-21-8-11(12)14(19)16-10-3-4-13(18)17(7-10)5-6-20-2/h3-4,7,11-12,15H,5-6,8-9H2,1-2H3,(H,16,19). The van der Waals surface area contributed by atoms with Gasteiger partial charge in [-0.15, -0.1) is 0 Å². The van der Waals surface area contributed by atoms with E-state index in [1.54, 1.807) is 19.4 Å². The maximum atomic E-state index is 12.3. The highest BCUT2D eigenvalue weighted by atomic mass is 16.5. The summed E-state index contributed by atoms with van der Waals surface area (Å²) >= 11 is 0. The third kappa shape index (κ3) is 3.90. The lowest BCUT2D eigenvalue weighted by Gasteiger charge is -2.17. The maximum absolute atomic E-state index is 12.3. The third-order valence-corrected chi connectivity index (χ3v) is 3.58. The Kier molecular flexibility index (Phi) is 5.49. The SMILES string of the molecule is CNC1COCC1C(=O)Nc1ccc(=O)n(CCOC)c1. The molecular formula is C14H21N3O4. The maximum Gasteiger partial charge on any atom is 0.250 e. The molecule has 1 aromatic rings. The molecule has 7 nitrogen and oxygen atoms in total. The van der Waals surface area contributed by atoms with Gasteiger partial charge in [-0.1, -0.05) is 0 Å². The Morgan fingerprint density at radius 1 is 1.48 bits per heavy atom. The summed E-state index contributed by atoms with van der Waals surface area (Å²) in [6.07, 6.45) is 1.63. The van der Waals surface area contributed by atoms with Crippen LogP contribution in [0.15, 0.2) is 23.1 Å². The molecule has 0 aromatic carbocycles. The van der Waals surface area contributed by atoms with Crippen molar-refractivity contribution in [3.8, 4) is 0 Å². The molecule has 2 unspecified atom stereocenters. The molecule has 2 heterocycles. The molecule has 0 spiro atoms. The van der Waals surface area contributed by atoms with Gasteiger partial charge in [-0.25, -0.2) is 0 Å². The van der Waals surface area contributed by atoms with Crippen molar-refractivity contribution >= 4 is 11.6 Å². The lowest BCUT2D eigenvalue weighted by Crippen LogP contribution is -2.39. The van der Waals surface area contributed by atoms with Crippen LogP contribution >= 0.6 is 0 Å². The molecule has 1 aliphatic heterocycles. The van der Waals surface area contributed by atoms with E-state index in [1.165, 1.54) is 10.6 Å². The number of carbonyl (C=O) groups excluding carboxylic acids is 1. The van der Waals surface area contributed by atoms with Gasteiger partial charge in [0.05, 0.1) is 31.4 Å². The van der Waals surface area contributed by atoms with Crippen molar-refractivity contribution in [3.05, 3.63) is 28.7 Å². The number of nitrogens with zero attached hydrogens (tertiary/aromatic N) is 1. The summed E-state index contributed by atoms with van der Waals surface area (Å²) in [6.45, 7) is 1.82. The molecule has 1 fully saturated rings. The Morgan fingerprint density at radius 2 is 2.29 bits per heavy atom. The van der Waals surface area contributed by atoms with Gasteiger partial charge in [0.25, 0.3) is 5.56 Å². The van der Waals surface area contributed by atoms with E-state index in [4.69, 9.17) is 9.47 Å². The molecule has 0 aliphatic carbocycles. The zero-order valence-corrected chi connectivity index (χ0v) is 12.3. The van der Waals surface area contributed by atoms with Gasteiger partial charge in [-0.3, -0.25) is 9.59 Å². The molecule has 0 bridgehead atoms. The summed E-state index contributed by atoms with van der Waals surface area (Å²) < 4.78 is 11.8. The second-order valence-electron chi connectivity index (χ2n) is 4.97. The molecular weight excluding hydrogens is 274 g/mol. The van der Waals surface area contributed by atoms with E-state index in [0.29, 0.717) is 32.1 Å². The first-order valence-electron chi connectivity index (χ1n) is 6.91. The van der Waals surface area contributed by atoms with Gasteiger partial charge < -0.3 is 24.7 Å². The number of nitrogens with one attached hydrogen (secondary N) is 2. The number of hydrogen-bond acceptors (Lipinski definition) is 5. The number of methoxy groups -OCH3 is 1. The molecule has 116 valence electrons. The van der Waals surface area contributed by atoms with Gasteiger partial charge in [-0.05, 0) is 13.1 Å². The molecule has 1 amide bonds. The van der Waals surface area contributed by atoms with Crippen molar-refractivity contribution in [2.24, 2.45) is 5.92 Å². The van der Waals surface area contributed by atoms with Crippen LogP contribution in [-0.4, -0.2) is 50.5 Å². The quantitative estimate of drug-likeness (QED) is 0.751. The largest absolute Gasteiger partial charge is 0.383 e. The summed E-state index contributed by atoms with van der Waals surface area (Å²) in [4.78, 5) is 23.9. The molecule has 0 radical (unpaired) electrons. The molecule has 1 saturated heterocycles. The van der Waals surface area contributed by atoms with Gasteiger partial charge in [0.1, 0.15) is 0 Å². The van der Waals surface area contributed by atoms with Crippen molar-refractivity contribution in [1.82, 2.24) is 9.88 Å². The molecule has 0 saturated carbocycles. The molecule has 2 atom stereocenters. The van der Waals surface area contributed by atoms with Gasteiger partial charge >= 0.3 is 0 Å². The van der Waals surface area contributed by atoms with E-state index in [2.05, 4.69) is 10.6 Å². The van der Waals surface area contributed by atoms with Crippen molar-refractivity contribution in [3.63, 3.8) is 0 Å². The Labute approximate surface area is 123 Å². The Morgan fingerprint density at radius 3 is 3.00 bits per heavy atom. The fourth-order valence-corrected chi connectivity index (χ4v) is 2.30. The van der Waals surface area contributed by atoms with Crippen LogP contribution in [0.4, 0.5) is 5.69 Å². The number of carbonyl (C=O) groups is 1. The van der Waals surface area contributed by atoms with Crippen molar-refractivity contribution in [2.75, 3.05) is 39.3 Å². The molecule has 21 heavy (non-hydrogen) atoms. The Balaban J connectivity index is 2.05. The highest BCUT2D eigenvalue weighted by Crippen LogP contribution is 2.16. The molecule has 2 rings (SSSR count). The van der Waals surface area contributed by atoms with Crippen LogP contribution in [0.2, 0.25) is 0 Å². The first-order chi connectivity index (χ1) is 10.2. The van der Waals surface area contributed by atoms with Crippen molar-refractivity contribution in [2.45, 2.75) is 12.6 Å². The van der Waals surface area contributed by atoms with Crippen LogP contribution in [0.25, 0.3) is 0 Å². The smallest absolute Gasteiger partial charge is 0.250 e. The minimum Gasteiger partial charge on any atom is -0.383 e. The lowest BCUT2D eigenvalue weighted by molar-refractivity contribution is -0.120. The highest BCUT2D eigenvalue weighted by molar-refractivity contribution is 5.93. The third-order valence-electron chi connectivity index (χ3n) is 3.58. The number of likely N-dealkylation sites (N-methyl/N-ethyl adjacent to an activating group) is 1. The van der Waals surface area contributed by atoms with Gasteiger partial charge in [0, 0.05) is 32.0 Å². The summed E-state index contributed by atoms with van der Waals surface area (Å²) in [5.41, 5.74) is 0.472. The predicted octanol–water partition coefficient (Wildman–Crippen LogP) is -0.332. The second kappa shape index (κ2) is 7.35. The molecule has 1 aromatic heterocycles. The minimum atomic E-state index is -0.227. The zero-order chi connectivity index (χ0) is 15.2. The number of rotatable bonds is 6. The molecule has 1 aliphatic rings. The topological polar surface area (TPSA) is 81.6 Å². The average Bonchev–Trinajstić information content (AvgIpc) is 2.96. The molecule has 7 heteroatoms. The summed E-state index contributed by atoms with van der Waals surface area (Å²) in [6, 6.07) is 3.06. The Bertz CT molecular complexity index is 543.